The van der Waals surface area contributed by atoms with Crippen LogP contribution in [-0.2, 0) is 4.79 Å². The maximum atomic E-state index is 9.86. The SMILES string of the molecule is CC.NC(=O)CNC(N)=O. The Morgan fingerprint density at radius 1 is 1.30 bits per heavy atom. The second-order valence-electron chi connectivity index (χ2n) is 1.18. The number of hydrogen-bond acceptors (Lipinski definition) is 2. The second kappa shape index (κ2) is 7.74. The summed E-state index contributed by atoms with van der Waals surface area (Å²) in [5.74, 6) is -0.608. The number of primary amides is 2. The number of carbonyl (C=O) groups is 2. The Balaban J connectivity index is 0. The lowest BCUT2D eigenvalue weighted by molar-refractivity contribution is -0.117. The molecule has 0 unspecified atom stereocenters. The first-order valence-corrected chi connectivity index (χ1v) is 2.94. The van der Waals surface area contributed by atoms with Crippen molar-refractivity contribution in [1.29, 1.82) is 0 Å². The molecule has 5 nitrogen and oxygen atoms in total. The molecule has 3 amide bonds. The zero-order valence-corrected chi connectivity index (χ0v) is 6.18. The predicted molar refractivity (Wildman–Crippen MR) is 38.1 cm³/mol. The minimum Gasteiger partial charge on any atom is -0.368 e. The molecule has 5 heteroatoms. The lowest BCUT2D eigenvalue weighted by Crippen LogP contribution is -2.36. The molecule has 0 aliphatic heterocycles. The number of nitrogens with one attached hydrogen (secondary N) is 1. The van der Waals surface area contributed by atoms with Gasteiger partial charge in [-0.2, -0.15) is 0 Å². The van der Waals surface area contributed by atoms with E-state index in [9.17, 15) is 9.59 Å². The van der Waals surface area contributed by atoms with Gasteiger partial charge in [0.1, 0.15) is 0 Å². The average Bonchev–Trinajstić information content (AvgIpc) is 1.89. The van der Waals surface area contributed by atoms with Crippen molar-refractivity contribution in [3.63, 3.8) is 0 Å². The van der Waals surface area contributed by atoms with E-state index in [1.54, 1.807) is 0 Å². The molecular weight excluding hydrogens is 134 g/mol. The van der Waals surface area contributed by atoms with E-state index in [-0.39, 0.29) is 6.54 Å². The van der Waals surface area contributed by atoms with Crippen LogP contribution in [0.3, 0.4) is 0 Å². The Morgan fingerprint density at radius 2 is 1.70 bits per heavy atom. The highest BCUT2D eigenvalue weighted by molar-refractivity contribution is 5.81. The molecule has 0 aromatic rings. The molecule has 0 aliphatic rings. The first-order chi connectivity index (χ1) is 4.63. The summed E-state index contributed by atoms with van der Waals surface area (Å²) in [5.41, 5.74) is 9.21. The summed E-state index contributed by atoms with van der Waals surface area (Å²) in [7, 11) is 0. The number of amides is 3. The van der Waals surface area contributed by atoms with Crippen LogP contribution >= 0.6 is 0 Å². The van der Waals surface area contributed by atoms with Crippen molar-refractivity contribution in [3.05, 3.63) is 0 Å². The molecule has 0 atom stereocenters. The third-order valence-electron chi connectivity index (χ3n) is 0.437. The molecule has 5 N–H and O–H groups in total. The van der Waals surface area contributed by atoms with Crippen molar-refractivity contribution >= 4 is 11.9 Å². The molecule has 0 bridgehead atoms. The standard InChI is InChI=1S/C3H7N3O2.C2H6/c4-2(7)1-6-3(5)8;1-2/h1H2,(H2,4,7)(H3,5,6,8);1-2H3. The van der Waals surface area contributed by atoms with Crippen LogP contribution in [0.5, 0.6) is 0 Å². The normalized spacial score (nSPS) is 7.00. The van der Waals surface area contributed by atoms with Gasteiger partial charge in [-0.15, -0.1) is 0 Å². The molecule has 0 aliphatic carbocycles. The lowest BCUT2D eigenvalue weighted by Gasteiger charge is -1.93. The molecule has 60 valence electrons. The largest absolute Gasteiger partial charge is 0.368 e. The van der Waals surface area contributed by atoms with Crippen molar-refractivity contribution in [1.82, 2.24) is 5.32 Å². The van der Waals surface area contributed by atoms with Crippen LogP contribution in [0, 0.1) is 0 Å². The topological polar surface area (TPSA) is 98.2 Å². The van der Waals surface area contributed by atoms with Gasteiger partial charge in [-0.05, 0) is 0 Å². The van der Waals surface area contributed by atoms with Crippen molar-refractivity contribution in [2.24, 2.45) is 11.5 Å². The van der Waals surface area contributed by atoms with E-state index in [1.807, 2.05) is 19.2 Å². The van der Waals surface area contributed by atoms with Crippen LogP contribution in [0.25, 0.3) is 0 Å². The number of urea groups is 1. The molecular formula is C5H13N3O2. The summed E-state index contributed by atoms with van der Waals surface area (Å²) >= 11 is 0. The molecule has 10 heavy (non-hydrogen) atoms. The molecule has 0 spiro atoms. The van der Waals surface area contributed by atoms with Crippen LogP contribution in [0.1, 0.15) is 13.8 Å². The van der Waals surface area contributed by atoms with E-state index >= 15 is 0 Å². The molecule has 0 aromatic carbocycles. The highest BCUT2D eigenvalue weighted by Crippen LogP contribution is 1.54. The molecule has 0 aromatic heterocycles. The Kier molecular flexibility index (Phi) is 8.92. The average molecular weight is 147 g/mol. The summed E-state index contributed by atoms with van der Waals surface area (Å²) in [5, 5.41) is 2.01. The van der Waals surface area contributed by atoms with E-state index in [1.165, 1.54) is 0 Å². The highest BCUT2D eigenvalue weighted by Gasteiger charge is 1.93. The Labute approximate surface area is 59.8 Å². The minimum absolute atomic E-state index is 0.199. The summed E-state index contributed by atoms with van der Waals surface area (Å²) in [6.07, 6.45) is 0. The van der Waals surface area contributed by atoms with Gasteiger partial charge in [0.25, 0.3) is 0 Å². The van der Waals surface area contributed by atoms with Gasteiger partial charge < -0.3 is 16.8 Å². The second-order valence-corrected chi connectivity index (χ2v) is 1.18. The summed E-state index contributed by atoms with van der Waals surface area (Å²) in [6, 6.07) is -0.746. The Morgan fingerprint density at radius 3 is 1.80 bits per heavy atom. The van der Waals surface area contributed by atoms with Gasteiger partial charge in [0.2, 0.25) is 5.91 Å². The zero-order valence-electron chi connectivity index (χ0n) is 6.18. The third-order valence-corrected chi connectivity index (χ3v) is 0.437. The quantitative estimate of drug-likeness (QED) is 0.475. The summed E-state index contributed by atoms with van der Waals surface area (Å²) < 4.78 is 0. The Bertz CT molecular complexity index is 99.5. The van der Waals surface area contributed by atoms with E-state index in [4.69, 9.17) is 0 Å². The van der Waals surface area contributed by atoms with Gasteiger partial charge in [0.05, 0.1) is 6.54 Å². The minimum atomic E-state index is -0.746. The van der Waals surface area contributed by atoms with Gasteiger partial charge in [-0.1, -0.05) is 13.8 Å². The zero-order chi connectivity index (χ0) is 8.57. The van der Waals surface area contributed by atoms with Crippen molar-refractivity contribution in [2.45, 2.75) is 13.8 Å². The van der Waals surface area contributed by atoms with Gasteiger partial charge in [0.15, 0.2) is 0 Å². The maximum Gasteiger partial charge on any atom is 0.312 e. The van der Waals surface area contributed by atoms with Crippen LogP contribution < -0.4 is 16.8 Å². The van der Waals surface area contributed by atoms with Gasteiger partial charge >= 0.3 is 6.03 Å². The van der Waals surface area contributed by atoms with Crippen LogP contribution in [0.15, 0.2) is 0 Å². The number of carbonyl (C=O) groups excluding carboxylic acids is 2. The molecule has 0 saturated heterocycles. The molecule has 0 radical (unpaired) electrons. The highest BCUT2D eigenvalue weighted by atomic mass is 16.2. The van der Waals surface area contributed by atoms with Gasteiger partial charge in [-0.3, -0.25) is 4.79 Å². The van der Waals surface area contributed by atoms with E-state index in [0.717, 1.165) is 0 Å². The van der Waals surface area contributed by atoms with Crippen LogP contribution in [-0.4, -0.2) is 18.5 Å². The van der Waals surface area contributed by atoms with Crippen LogP contribution in [0.2, 0.25) is 0 Å². The first-order valence-electron chi connectivity index (χ1n) is 2.94. The van der Waals surface area contributed by atoms with Crippen molar-refractivity contribution < 1.29 is 9.59 Å². The third kappa shape index (κ3) is 15.9. The summed E-state index contributed by atoms with van der Waals surface area (Å²) in [4.78, 5) is 19.7. The van der Waals surface area contributed by atoms with Crippen molar-refractivity contribution in [2.75, 3.05) is 6.54 Å². The lowest BCUT2D eigenvalue weighted by atomic mass is 10.6. The fourth-order valence-electron chi connectivity index (χ4n) is 0.174. The van der Waals surface area contributed by atoms with Gasteiger partial charge in [0, 0.05) is 0 Å². The first kappa shape index (κ1) is 11.5. The predicted octanol–water partition coefficient (Wildman–Crippen LogP) is -0.834. The van der Waals surface area contributed by atoms with Gasteiger partial charge in [-0.25, -0.2) is 4.79 Å². The smallest absolute Gasteiger partial charge is 0.312 e. The van der Waals surface area contributed by atoms with Crippen molar-refractivity contribution in [3.8, 4) is 0 Å². The fraction of sp³-hybridized carbons (Fsp3) is 0.600. The number of nitrogens with two attached hydrogens (primary N) is 2. The monoisotopic (exact) mass is 147 g/mol. The molecule has 0 heterocycles. The van der Waals surface area contributed by atoms with E-state index in [2.05, 4.69) is 11.5 Å². The number of rotatable bonds is 2. The molecule has 0 saturated carbocycles. The van der Waals surface area contributed by atoms with E-state index in [0.29, 0.717) is 0 Å². The van der Waals surface area contributed by atoms with Crippen LogP contribution in [0.4, 0.5) is 4.79 Å². The van der Waals surface area contributed by atoms with E-state index < -0.39 is 11.9 Å². The number of hydrogen-bond donors (Lipinski definition) is 3. The fourth-order valence-corrected chi connectivity index (χ4v) is 0.174. The summed E-state index contributed by atoms with van der Waals surface area (Å²) in [6.45, 7) is 3.80. The molecule has 0 fully saturated rings. The Hall–Kier alpha value is -1.26. The maximum absolute atomic E-state index is 9.86. The molecule has 0 rings (SSSR count).